The van der Waals surface area contributed by atoms with Gasteiger partial charge < -0.3 is 5.32 Å². The molecule has 0 radical (unpaired) electrons. The molecule has 2 atom stereocenters. The van der Waals surface area contributed by atoms with E-state index >= 15 is 0 Å². The monoisotopic (exact) mass is 359 g/mol. The molecule has 2 rings (SSSR count). The molecule has 0 saturated heterocycles. The van der Waals surface area contributed by atoms with Crippen LogP contribution in [-0.2, 0) is 11.2 Å². The van der Waals surface area contributed by atoms with E-state index in [4.69, 9.17) is 0 Å². The number of halogens is 3. The molecule has 0 aliphatic heterocycles. The quantitative estimate of drug-likeness (QED) is 0.809. The number of nitrogens with one attached hydrogen (secondary N) is 1. The molecule has 0 heterocycles. The number of hydrogen-bond acceptors (Lipinski definition) is 1. The summed E-state index contributed by atoms with van der Waals surface area (Å²) in [5, 5.41) is 3.75. The minimum atomic E-state index is -0.671. The van der Waals surface area contributed by atoms with E-state index in [1.54, 1.807) is 0 Å². The van der Waals surface area contributed by atoms with E-state index in [1.807, 2.05) is 0 Å². The molecule has 1 aromatic carbocycles. The van der Waals surface area contributed by atoms with Gasteiger partial charge >= 0.3 is 0 Å². The minimum absolute atomic E-state index is 0.0603. The van der Waals surface area contributed by atoms with Crippen LogP contribution in [0, 0.1) is 17.6 Å². The van der Waals surface area contributed by atoms with Crippen LogP contribution < -0.4 is 5.32 Å². The van der Waals surface area contributed by atoms with Gasteiger partial charge in [-0.25, -0.2) is 8.78 Å². The van der Waals surface area contributed by atoms with Crippen LogP contribution in [0.2, 0.25) is 0 Å². The van der Waals surface area contributed by atoms with Crippen molar-refractivity contribution in [1.82, 2.24) is 5.32 Å². The first kappa shape index (κ1) is 16.4. The van der Waals surface area contributed by atoms with Crippen LogP contribution >= 0.6 is 15.9 Å². The second-order valence-corrected chi connectivity index (χ2v) is 6.64. The highest BCUT2D eigenvalue weighted by atomic mass is 79.9. The molecular formula is C16H20BrF2NO. The van der Waals surface area contributed by atoms with Gasteiger partial charge in [0, 0.05) is 16.9 Å². The maximum absolute atomic E-state index is 13.6. The third-order valence-corrected chi connectivity index (χ3v) is 5.19. The number of hydrogen-bond donors (Lipinski definition) is 1. The Bertz CT molecular complexity index is 523. The molecule has 1 amide bonds. The zero-order chi connectivity index (χ0) is 15.5. The molecular weight excluding hydrogens is 340 g/mol. The average molecular weight is 360 g/mol. The van der Waals surface area contributed by atoms with E-state index in [0.717, 1.165) is 25.3 Å². The van der Waals surface area contributed by atoms with Gasteiger partial charge in [0.15, 0.2) is 0 Å². The summed E-state index contributed by atoms with van der Waals surface area (Å²) >= 11 is 3.50. The molecule has 0 aromatic heterocycles. The van der Waals surface area contributed by atoms with Gasteiger partial charge in [0.05, 0.1) is 6.42 Å². The van der Waals surface area contributed by atoms with Crippen molar-refractivity contribution in [3.8, 4) is 0 Å². The number of rotatable bonds is 4. The van der Waals surface area contributed by atoms with E-state index < -0.39 is 11.6 Å². The van der Waals surface area contributed by atoms with E-state index in [-0.39, 0.29) is 23.4 Å². The lowest BCUT2D eigenvalue weighted by molar-refractivity contribution is -0.122. The third-order valence-electron chi connectivity index (χ3n) is 4.12. The Morgan fingerprint density at radius 2 is 2.24 bits per heavy atom. The second kappa shape index (κ2) is 6.86. The van der Waals surface area contributed by atoms with Gasteiger partial charge in [-0.2, -0.15) is 0 Å². The number of carbonyl (C=O) groups excluding carboxylic acids is 1. The molecule has 116 valence electrons. The first-order valence-electron chi connectivity index (χ1n) is 7.25. The van der Waals surface area contributed by atoms with E-state index in [0.29, 0.717) is 11.2 Å². The van der Waals surface area contributed by atoms with Crippen LogP contribution in [0.3, 0.4) is 0 Å². The highest BCUT2D eigenvalue weighted by Gasteiger charge is 2.35. The van der Waals surface area contributed by atoms with Gasteiger partial charge in [-0.3, -0.25) is 4.79 Å². The first-order chi connectivity index (χ1) is 9.94. The van der Waals surface area contributed by atoms with Crippen molar-refractivity contribution in [2.75, 3.05) is 5.33 Å². The zero-order valence-corrected chi connectivity index (χ0v) is 13.7. The van der Waals surface area contributed by atoms with E-state index in [2.05, 4.69) is 28.2 Å². The Balaban J connectivity index is 2.03. The Kier molecular flexibility index (Phi) is 5.36. The fourth-order valence-corrected chi connectivity index (χ4v) is 3.76. The normalized spacial score (nSPS) is 25.6. The Morgan fingerprint density at radius 1 is 1.48 bits per heavy atom. The van der Waals surface area contributed by atoms with Crippen LogP contribution in [0.4, 0.5) is 8.78 Å². The van der Waals surface area contributed by atoms with Crippen molar-refractivity contribution >= 4 is 21.8 Å². The van der Waals surface area contributed by atoms with Gasteiger partial charge in [0.1, 0.15) is 11.6 Å². The van der Waals surface area contributed by atoms with Crippen LogP contribution in [-0.4, -0.2) is 16.8 Å². The van der Waals surface area contributed by atoms with Crippen LogP contribution in [0.5, 0.6) is 0 Å². The standard InChI is InChI=1S/C16H20BrF2NO/c1-11-3-2-6-16(9-11,10-17)20-15(21)7-12-4-5-13(18)8-14(12)19/h4-5,8,11H,2-3,6-7,9-10H2,1H3,(H,20,21). The predicted octanol–water partition coefficient (Wildman–Crippen LogP) is 3.97. The fraction of sp³-hybridized carbons (Fsp3) is 0.562. The zero-order valence-electron chi connectivity index (χ0n) is 12.1. The van der Waals surface area contributed by atoms with Crippen LogP contribution in [0.25, 0.3) is 0 Å². The molecule has 1 aliphatic rings. The van der Waals surface area contributed by atoms with Crippen LogP contribution in [0.15, 0.2) is 18.2 Å². The molecule has 21 heavy (non-hydrogen) atoms. The van der Waals surface area contributed by atoms with Gasteiger partial charge in [-0.1, -0.05) is 41.8 Å². The van der Waals surface area contributed by atoms with Gasteiger partial charge in [0.25, 0.3) is 0 Å². The molecule has 2 nitrogen and oxygen atoms in total. The number of alkyl halides is 1. The summed E-state index contributed by atoms with van der Waals surface area (Å²) in [6, 6.07) is 3.31. The van der Waals surface area contributed by atoms with E-state index in [1.165, 1.54) is 18.6 Å². The molecule has 1 N–H and O–H groups in total. The minimum Gasteiger partial charge on any atom is -0.350 e. The Hall–Kier alpha value is -0.970. The van der Waals surface area contributed by atoms with Crippen molar-refractivity contribution < 1.29 is 13.6 Å². The van der Waals surface area contributed by atoms with Crippen LogP contribution in [0.1, 0.15) is 38.2 Å². The van der Waals surface area contributed by atoms with Crippen molar-refractivity contribution in [3.05, 3.63) is 35.4 Å². The maximum Gasteiger partial charge on any atom is 0.224 e. The van der Waals surface area contributed by atoms with Crippen molar-refractivity contribution in [2.45, 2.75) is 44.6 Å². The fourth-order valence-electron chi connectivity index (χ4n) is 3.11. The van der Waals surface area contributed by atoms with Gasteiger partial charge in [0.2, 0.25) is 5.91 Å². The van der Waals surface area contributed by atoms with Crippen molar-refractivity contribution in [3.63, 3.8) is 0 Å². The second-order valence-electron chi connectivity index (χ2n) is 6.08. The largest absolute Gasteiger partial charge is 0.350 e. The lowest BCUT2D eigenvalue weighted by Gasteiger charge is -2.39. The van der Waals surface area contributed by atoms with Gasteiger partial charge in [-0.15, -0.1) is 0 Å². The highest BCUT2D eigenvalue weighted by molar-refractivity contribution is 9.09. The summed E-state index contributed by atoms with van der Waals surface area (Å²) in [5.41, 5.74) is -0.0203. The lowest BCUT2D eigenvalue weighted by Crippen LogP contribution is -2.53. The topological polar surface area (TPSA) is 29.1 Å². The summed E-state index contributed by atoms with van der Waals surface area (Å²) in [5.74, 6) is -0.946. The maximum atomic E-state index is 13.6. The SMILES string of the molecule is CC1CCCC(CBr)(NC(=O)Cc2ccc(F)cc2F)C1. The molecule has 1 aromatic rings. The first-order valence-corrected chi connectivity index (χ1v) is 8.37. The third kappa shape index (κ3) is 4.25. The summed E-state index contributed by atoms with van der Waals surface area (Å²) in [6.07, 6.45) is 4.06. The number of benzene rings is 1. The summed E-state index contributed by atoms with van der Waals surface area (Å²) < 4.78 is 26.5. The Labute approximate surface area is 132 Å². The molecule has 2 unspecified atom stereocenters. The summed E-state index contributed by atoms with van der Waals surface area (Å²) in [4.78, 5) is 12.2. The highest BCUT2D eigenvalue weighted by Crippen LogP contribution is 2.33. The van der Waals surface area contributed by atoms with Crippen molar-refractivity contribution in [2.24, 2.45) is 5.92 Å². The molecule has 0 spiro atoms. The molecule has 1 fully saturated rings. The summed E-state index contributed by atoms with van der Waals surface area (Å²) in [6.45, 7) is 2.18. The van der Waals surface area contributed by atoms with E-state index in [9.17, 15) is 13.6 Å². The smallest absolute Gasteiger partial charge is 0.224 e. The molecule has 1 aliphatic carbocycles. The molecule has 5 heteroatoms. The molecule has 1 saturated carbocycles. The Morgan fingerprint density at radius 3 is 2.86 bits per heavy atom. The number of carbonyl (C=O) groups is 1. The van der Waals surface area contributed by atoms with Gasteiger partial charge in [-0.05, 0) is 30.4 Å². The number of amides is 1. The molecule has 0 bridgehead atoms. The predicted molar refractivity (Wildman–Crippen MR) is 82.4 cm³/mol. The van der Waals surface area contributed by atoms with Crippen molar-refractivity contribution in [1.29, 1.82) is 0 Å². The lowest BCUT2D eigenvalue weighted by atomic mass is 9.77. The summed E-state index contributed by atoms with van der Waals surface area (Å²) in [7, 11) is 0. The average Bonchev–Trinajstić information content (AvgIpc) is 2.42.